The van der Waals surface area contributed by atoms with Crippen LogP contribution in [0.5, 0.6) is 5.75 Å². The molecule has 2 aliphatic rings. The fourth-order valence-electron chi connectivity index (χ4n) is 4.36. The second-order valence-corrected chi connectivity index (χ2v) is 8.12. The molecule has 0 unspecified atom stereocenters. The monoisotopic (exact) mass is 407 g/mol. The number of carbonyl (C=O) groups is 2. The Hall–Kier alpha value is -2.86. The van der Waals surface area contributed by atoms with Crippen molar-refractivity contribution >= 4 is 17.5 Å². The van der Waals surface area contributed by atoms with E-state index < -0.39 is 0 Å². The van der Waals surface area contributed by atoms with Crippen LogP contribution in [0.2, 0.25) is 0 Å². The molecule has 6 heteroatoms. The summed E-state index contributed by atoms with van der Waals surface area (Å²) < 4.78 is 5.38. The summed E-state index contributed by atoms with van der Waals surface area (Å²) in [5.74, 6) is 0.294. The lowest BCUT2D eigenvalue weighted by Gasteiger charge is -2.32. The van der Waals surface area contributed by atoms with Gasteiger partial charge in [-0.25, -0.2) is 0 Å². The summed E-state index contributed by atoms with van der Waals surface area (Å²) >= 11 is 0. The number of methoxy groups -OCH3 is 1. The van der Waals surface area contributed by atoms with Gasteiger partial charge in [0.2, 0.25) is 11.8 Å². The number of hydrogen-bond acceptors (Lipinski definition) is 4. The quantitative estimate of drug-likeness (QED) is 0.800. The minimum absolute atomic E-state index is 0.0118. The molecule has 0 bridgehead atoms. The molecule has 4 rings (SSSR count). The Morgan fingerprint density at radius 1 is 1.07 bits per heavy atom. The van der Waals surface area contributed by atoms with Crippen LogP contribution >= 0.6 is 0 Å². The number of carbonyl (C=O) groups excluding carboxylic acids is 2. The van der Waals surface area contributed by atoms with E-state index >= 15 is 0 Å². The standard InChI is InChI=1S/C24H29N3O3/c1-30-22-10-6-5-9-21(22)27-17-19(15-23(27)28)24(29)25-20-11-13-26(14-12-20)16-18-7-3-2-4-8-18/h2-10,19-20H,11-17H2,1H3,(H,25,29)/t19-/m0/s1. The second kappa shape index (κ2) is 9.30. The fourth-order valence-corrected chi connectivity index (χ4v) is 4.36. The highest BCUT2D eigenvalue weighted by atomic mass is 16.5. The van der Waals surface area contributed by atoms with E-state index in [1.54, 1.807) is 12.0 Å². The lowest BCUT2D eigenvalue weighted by atomic mass is 10.0. The molecule has 2 aromatic rings. The number of hydrogen-bond donors (Lipinski definition) is 1. The summed E-state index contributed by atoms with van der Waals surface area (Å²) in [5.41, 5.74) is 2.05. The maximum Gasteiger partial charge on any atom is 0.227 e. The van der Waals surface area contributed by atoms with Gasteiger partial charge in [-0.15, -0.1) is 0 Å². The van der Waals surface area contributed by atoms with Crippen LogP contribution in [-0.2, 0) is 16.1 Å². The molecule has 1 atom stereocenters. The van der Waals surface area contributed by atoms with Crippen LogP contribution in [0.1, 0.15) is 24.8 Å². The second-order valence-electron chi connectivity index (χ2n) is 8.12. The molecular formula is C24H29N3O3. The van der Waals surface area contributed by atoms with E-state index in [0.717, 1.165) is 38.2 Å². The van der Waals surface area contributed by atoms with Crippen LogP contribution in [0.4, 0.5) is 5.69 Å². The number of piperidine rings is 1. The van der Waals surface area contributed by atoms with E-state index in [1.165, 1.54) is 5.56 Å². The van der Waals surface area contributed by atoms with Crippen molar-refractivity contribution in [3.63, 3.8) is 0 Å². The van der Waals surface area contributed by atoms with Gasteiger partial charge in [-0.05, 0) is 30.5 Å². The van der Waals surface area contributed by atoms with E-state index in [2.05, 4.69) is 34.5 Å². The molecule has 158 valence electrons. The number of nitrogens with one attached hydrogen (secondary N) is 1. The lowest BCUT2D eigenvalue weighted by Crippen LogP contribution is -2.46. The minimum atomic E-state index is -0.315. The summed E-state index contributed by atoms with van der Waals surface area (Å²) in [6.07, 6.45) is 2.13. The zero-order valence-electron chi connectivity index (χ0n) is 17.4. The van der Waals surface area contributed by atoms with Crippen molar-refractivity contribution in [2.75, 3.05) is 31.6 Å². The number of benzene rings is 2. The summed E-state index contributed by atoms with van der Waals surface area (Å²) in [7, 11) is 1.59. The van der Waals surface area contributed by atoms with Gasteiger partial charge in [-0.2, -0.15) is 0 Å². The molecule has 0 spiro atoms. The van der Waals surface area contributed by atoms with E-state index in [4.69, 9.17) is 4.74 Å². The van der Waals surface area contributed by atoms with Gasteiger partial charge in [-0.3, -0.25) is 14.5 Å². The zero-order chi connectivity index (χ0) is 20.9. The first-order valence-corrected chi connectivity index (χ1v) is 10.6. The maximum atomic E-state index is 12.8. The van der Waals surface area contributed by atoms with Crippen molar-refractivity contribution in [3.8, 4) is 5.75 Å². The van der Waals surface area contributed by atoms with Crippen molar-refractivity contribution in [1.29, 1.82) is 0 Å². The highest BCUT2D eigenvalue weighted by Gasteiger charge is 2.37. The first kappa shape index (κ1) is 20.4. The number of anilines is 1. The van der Waals surface area contributed by atoms with E-state index in [-0.39, 0.29) is 30.2 Å². The molecule has 2 fully saturated rings. The third-order valence-corrected chi connectivity index (χ3v) is 6.05. The molecule has 0 saturated carbocycles. The first-order valence-electron chi connectivity index (χ1n) is 10.6. The molecule has 30 heavy (non-hydrogen) atoms. The third kappa shape index (κ3) is 4.65. The van der Waals surface area contributed by atoms with Crippen molar-refractivity contribution in [1.82, 2.24) is 10.2 Å². The van der Waals surface area contributed by atoms with E-state index in [0.29, 0.717) is 12.3 Å². The third-order valence-electron chi connectivity index (χ3n) is 6.05. The Labute approximate surface area is 177 Å². The molecule has 0 aliphatic carbocycles. The number of para-hydroxylation sites is 2. The van der Waals surface area contributed by atoms with Crippen molar-refractivity contribution < 1.29 is 14.3 Å². The minimum Gasteiger partial charge on any atom is -0.495 e. The maximum absolute atomic E-state index is 12.8. The van der Waals surface area contributed by atoms with Crippen LogP contribution in [0.25, 0.3) is 0 Å². The average Bonchev–Trinajstić information content (AvgIpc) is 3.17. The van der Waals surface area contributed by atoms with Gasteiger partial charge in [0.1, 0.15) is 5.75 Å². The Balaban J connectivity index is 1.28. The Morgan fingerprint density at radius 3 is 2.50 bits per heavy atom. The number of nitrogens with zero attached hydrogens (tertiary/aromatic N) is 2. The SMILES string of the molecule is COc1ccccc1N1C[C@@H](C(=O)NC2CCN(Cc3ccccc3)CC2)CC1=O. The van der Waals surface area contributed by atoms with Gasteiger partial charge in [0, 0.05) is 38.6 Å². The molecule has 2 aliphatic heterocycles. The number of rotatable bonds is 6. The van der Waals surface area contributed by atoms with Crippen LogP contribution in [0, 0.1) is 5.92 Å². The van der Waals surface area contributed by atoms with Crippen molar-refractivity contribution in [2.45, 2.75) is 31.8 Å². The molecule has 1 N–H and O–H groups in total. The first-order chi connectivity index (χ1) is 14.6. The van der Waals surface area contributed by atoms with Gasteiger partial charge >= 0.3 is 0 Å². The number of amides is 2. The Kier molecular flexibility index (Phi) is 6.33. The van der Waals surface area contributed by atoms with Crippen LogP contribution in [-0.4, -0.2) is 49.5 Å². The summed E-state index contributed by atoms with van der Waals surface area (Å²) in [6, 6.07) is 18.1. The topological polar surface area (TPSA) is 61.9 Å². The summed E-state index contributed by atoms with van der Waals surface area (Å²) in [5, 5.41) is 3.19. The molecule has 0 aromatic heterocycles. The Bertz CT molecular complexity index is 878. The fraction of sp³-hybridized carbons (Fsp3) is 0.417. The molecular weight excluding hydrogens is 378 g/mol. The largest absolute Gasteiger partial charge is 0.495 e. The Morgan fingerprint density at radius 2 is 1.77 bits per heavy atom. The smallest absolute Gasteiger partial charge is 0.227 e. The molecule has 0 radical (unpaired) electrons. The molecule has 2 saturated heterocycles. The zero-order valence-corrected chi connectivity index (χ0v) is 17.4. The summed E-state index contributed by atoms with van der Waals surface area (Å²) in [4.78, 5) is 29.5. The lowest BCUT2D eigenvalue weighted by molar-refractivity contribution is -0.127. The van der Waals surface area contributed by atoms with Gasteiger partial charge in [0.15, 0.2) is 0 Å². The van der Waals surface area contributed by atoms with Crippen molar-refractivity contribution in [2.24, 2.45) is 5.92 Å². The highest BCUT2D eigenvalue weighted by Crippen LogP contribution is 2.32. The molecule has 2 heterocycles. The van der Waals surface area contributed by atoms with E-state index in [9.17, 15) is 9.59 Å². The van der Waals surface area contributed by atoms with Crippen LogP contribution in [0.15, 0.2) is 54.6 Å². The number of likely N-dealkylation sites (tertiary alicyclic amines) is 1. The van der Waals surface area contributed by atoms with E-state index in [1.807, 2.05) is 30.3 Å². The predicted octanol–water partition coefficient (Wildman–Crippen LogP) is 2.83. The van der Waals surface area contributed by atoms with Crippen LogP contribution in [0.3, 0.4) is 0 Å². The van der Waals surface area contributed by atoms with Crippen LogP contribution < -0.4 is 15.0 Å². The van der Waals surface area contributed by atoms with Gasteiger partial charge in [-0.1, -0.05) is 42.5 Å². The van der Waals surface area contributed by atoms with Gasteiger partial charge in [0.25, 0.3) is 0 Å². The normalized spacial score (nSPS) is 20.4. The highest BCUT2D eigenvalue weighted by molar-refractivity contribution is 6.01. The molecule has 6 nitrogen and oxygen atoms in total. The van der Waals surface area contributed by atoms with Gasteiger partial charge in [0.05, 0.1) is 18.7 Å². The number of ether oxygens (including phenoxy) is 1. The molecule has 2 aromatic carbocycles. The average molecular weight is 408 g/mol. The molecule has 2 amide bonds. The van der Waals surface area contributed by atoms with Crippen molar-refractivity contribution in [3.05, 3.63) is 60.2 Å². The summed E-state index contributed by atoms with van der Waals surface area (Å²) in [6.45, 7) is 3.29. The van der Waals surface area contributed by atoms with Gasteiger partial charge < -0.3 is 15.0 Å². The predicted molar refractivity (Wildman–Crippen MR) is 116 cm³/mol.